The van der Waals surface area contributed by atoms with Crippen molar-refractivity contribution in [2.75, 3.05) is 31.1 Å². The summed E-state index contributed by atoms with van der Waals surface area (Å²) >= 11 is 3.41. The fourth-order valence-electron chi connectivity index (χ4n) is 2.28. The number of rotatable bonds is 1. The number of amides is 1. The van der Waals surface area contributed by atoms with Gasteiger partial charge >= 0.3 is 0 Å². The number of carbonyl (C=O) groups is 1. The SMILES string of the molecule is CC(=O)N1CCCN(c2ccc(C#N)c(Br)c2)CC1. The minimum absolute atomic E-state index is 0.142. The van der Waals surface area contributed by atoms with Gasteiger partial charge in [0.05, 0.1) is 5.56 Å². The Morgan fingerprint density at radius 3 is 2.74 bits per heavy atom. The molecule has 1 aromatic carbocycles. The molecule has 100 valence electrons. The second kappa shape index (κ2) is 6.07. The van der Waals surface area contributed by atoms with Crippen molar-refractivity contribution in [1.29, 1.82) is 5.26 Å². The van der Waals surface area contributed by atoms with Crippen molar-refractivity contribution >= 4 is 27.5 Å². The Morgan fingerprint density at radius 1 is 1.32 bits per heavy atom. The zero-order valence-corrected chi connectivity index (χ0v) is 12.5. The molecule has 0 aromatic heterocycles. The summed E-state index contributed by atoms with van der Waals surface area (Å²) < 4.78 is 0.820. The van der Waals surface area contributed by atoms with Crippen molar-refractivity contribution in [3.63, 3.8) is 0 Å². The summed E-state index contributed by atoms with van der Waals surface area (Å²) in [5, 5.41) is 8.92. The summed E-state index contributed by atoms with van der Waals surface area (Å²) in [6.45, 7) is 4.96. The molecular formula is C14H16BrN3O. The summed E-state index contributed by atoms with van der Waals surface area (Å²) in [6, 6.07) is 7.91. The molecule has 1 amide bonds. The minimum Gasteiger partial charge on any atom is -0.370 e. The highest BCUT2D eigenvalue weighted by atomic mass is 79.9. The van der Waals surface area contributed by atoms with Gasteiger partial charge < -0.3 is 9.80 Å². The molecule has 0 unspecified atom stereocenters. The number of nitriles is 1. The average molecular weight is 322 g/mol. The van der Waals surface area contributed by atoms with E-state index in [-0.39, 0.29) is 5.91 Å². The Morgan fingerprint density at radius 2 is 2.11 bits per heavy atom. The van der Waals surface area contributed by atoms with Crippen LogP contribution in [0.1, 0.15) is 18.9 Å². The number of hydrogen-bond acceptors (Lipinski definition) is 3. The molecular weight excluding hydrogens is 306 g/mol. The molecule has 0 atom stereocenters. The third kappa shape index (κ3) is 3.27. The Hall–Kier alpha value is -1.54. The summed E-state index contributed by atoms with van der Waals surface area (Å²) in [7, 11) is 0. The van der Waals surface area contributed by atoms with Gasteiger partial charge in [-0.25, -0.2) is 0 Å². The Kier molecular flexibility index (Phi) is 4.43. The molecule has 1 saturated heterocycles. The molecule has 1 aliphatic heterocycles. The van der Waals surface area contributed by atoms with Crippen molar-refractivity contribution in [3.05, 3.63) is 28.2 Å². The van der Waals surface area contributed by atoms with Gasteiger partial charge in [-0.1, -0.05) is 0 Å². The first-order valence-corrected chi connectivity index (χ1v) is 7.11. The lowest BCUT2D eigenvalue weighted by Crippen LogP contribution is -2.33. The van der Waals surface area contributed by atoms with Gasteiger partial charge in [0, 0.05) is 43.3 Å². The van der Waals surface area contributed by atoms with E-state index in [2.05, 4.69) is 26.9 Å². The fraction of sp³-hybridized carbons (Fsp3) is 0.429. The lowest BCUT2D eigenvalue weighted by Gasteiger charge is -2.23. The van der Waals surface area contributed by atoms with Gasteiger partial charge in [-0.2, -0.15) is 5.26 Å². The van der Waals surface area contributed by atoms with E-state index >= 15 is 0 Å². The average Bonchev–Trinajstić information content (AvgIpc) is 2.64. The van der Waals surface area contributed by atoms with E-state index in [9.17, 15) is 4.79 Å². The molecule has 1 aliphatic rings. The van der Waals surface area contributed by atoms with Crippen LogP contribution in [-0.4, -0.2) is 37.0 Å². The largest absolute Gasteiger partial charge is 0.370 e. The maximum absolute atomic E-state index is 11.4. The van der Waals surface area contributed by atoms with Crippen LogP contribution in [0.2, 0.25) is 0 Å². The van der Waals surface area contributed by atoms with E-state index in [1.807, 2.05) is 23.1 Å². The van der Waals surface area contributed by atoms with E-state index in [0.29, 0.717) is 5.56 Å². The van der Waals surface area contributed by atoms with Gasteiger partial charge in [0.15, 0.2) is 0 Å². The van der Waals surface area contributed by atoms with Crippen LogP contribution in [0, 0.1) is 11.3 Å². The van der Waals surface area contributed by atoms with E-state index < -0.39 is 0 Å². The van der Waals surface area contributed by atoms with E-state index in [1.165, 1.54) is 0 Å². The molecule has 0 spiro atoms. The second-order valence-electron chi connectivity index (χ2n) is 4.62. The molecule has 2 rings (SSSR count). The molecule has 19 heavy (non-hydrogen) atoms. The molecule has 1 aromatic rings. The molecule has 0 aliphatic carbocycles. The Labute approximate surface area is 121 Å². The molecule has 0 saturated carbocycles. The maximum Gasteiger partial charge on any atom is 0.219 e. The molecule has 5 heteroatoms. The predicted molar refractivity (Wildman–Crippen MR) is 77.9 cm³/mol. The number of carbonyl (C=O) groups excluding carboxylic acids is 1. The maximum atomic E-state index is 11.4. The van der Waals surface area contributed by atoms with Gasteiger partial charge in [0.1, 0.15) is 6.07 Å². The zero-order chi connectivity index (χ0) is 13.8. The van der Waals surface area contributed by atoms with Crippen molar-refractivity contribution in [3.8, 4) is 6.07 Å². The monoisotopic (exact) mass is 321 g/mol. The topological polar surface area (TPSA) is 47.3 Å². The van der Waals surface area contributed by atoms with Crippen molar-refractivity contribution in [1.82, 2.24) is 4.90 Å². The van der Waals surface area contributed by atoms with Crippen LogP contribution in [0.3, 0.4) is 0 Å². The third-order valence-electron chi connectivity index (χ3n) is 3.38. The van der Waals surface area contributed by atoms with E-state index in [0.717, 1.165) is 42.8 Å². The van der Waals surface area contributed by atoms with Crippen molar-refractivity contribution < 1.29 is 4.79 Å². The first kappa shape index (κ1) is 13.9. The molecule has 0 bridgehead atoms. The fourth-order valence-corrected chi connectivity index (χ4v) is 2.74. The van der Waals surface area contributed by atoms with Gasteiger partial charge in [-0.15, -0.1) is 0 Å². The van der Waals surface area contributed by atoms with Crippen LogP contribution >= 0.6 is 15.9 Å². The molecule has 0 N–H and O–H groups in total. The number of anilines is 1. The summed E-state index contributed by atoms with van der Waals surface area (Å²) in [6.07, 6.45) is 0.969. The van der Waals surface area contributed by atoms with Gasteiger partial charge in [-0.3, -0.25) is 4.79 Å². The third-order valence-corrected chi connectivity index (χ3v) is 4.04. The number of hydrogen-bond donors (Lipinski definition) is 0. The van der Waals surface area contributed by atoms with Crippen LogP contribution in [0.4, 0.5) is 5.69 Å². The van der Waals surface area contributed by atoms with Crippen molar-refractivity contribution in [2.45, 2.75) is 13.3 Å². The quantitative estimate of drug-likeness (QED) is 0.797. The lowest BCUT2D eigenvalue weighted by atomic mass is 10.2. The number of benzene rings is 1. The lowest BCUT2D eigenvalue weighted by molar-refractivity contribution is -0.128. The zero-order valence-electron chi connectivity index (χ0n) is 10.9. The molecule has 0 radical (unpaired) electrons. The Balaban J connectivity index is 2.12. The van der Waals surface area contributed by atoms with Crippen molar-refractivity contribution in [2.24, 2.45) is 0 Å². The van der Waals surface area contributed by atoms with Gasteiger partial charge in [-0.05, 0) is 40.5 Å². The second-order valence-corrected chi connectivity index (χ2v) is 5.48. The first-order chi connectivity index (χ1) is 9.11. The summed E-state index contributed by atoms with van der Waals surface area (Å²) in [5.41, 5.74) is 1.74. The Bertz CT molecular complexity index is 524. The minimum atomic E-state index is 0.142. The highest BCUT2D eigenvalue weighted by Gasteiger charge is 2.17. The van der Waals surface area contributed by atoms with E-state index in [1.54, 1.807) is 6.92 Å². The van der Waals surface area contributed by atoms with Crippen LogP contribution in [0.25, 0.3) is 0 Å². The molecule has 1 heterocycles. The highest BCUT2D eigenvalue weighted by Crippen LogP contribution is 2.24. The normalized spacial score (nSPS) is 15.8. The first-order valence-electron chi connectivity index (χ1n) is 6.32. The number of nitrogens with zero attached hydrogens (tertiary/aromatic N) is 3. The van der Waals surface area contributed by atoms with Crippen LogP contribution in [0.15, 0.2) is 22.7 Å². The van der Waals surface area contributed by atoms with Crippen LogP contribution < -0.4 is 4.90 Å². The van der Waals surface area contributed by atoms with Crippen LogP contribution in [-0.2, 0) is 4.79 Å². The van der Waals surface area contributed by atoms with Crippen LogP contribution in [0.5, 0.6) is 0 Å². The standard InChI is InChI=1S/C14H16BrN3O/c1-11(19)17-5-2-6-18(8-7-17)13-4-3-12(10-16)14(15)9-13/h3-4,9H,2,5-8H2,1H3. The summed E-state index contributed by atoms with van der Waals surface area (Å²) in [4.78, 5) is 15.5. The number of halogens is 1. The summed E-state index contributed by atoms with van der Waals surface area (Å²) in [5.74, 6) is 0.142. The molecule has 1 fully saturated rings. The van der Waals surface area contributed by atoms with Gasteiger partial charge in [0.2, 0.25) is 5.91 Å². The highest BCUT2D eigenvalue weighted by molar-refractivity contribution is 9.10. The van der Waals surface area contributed by atoms with E-state index in [4.69, 9.17) is 5.26 Å². The predicted octanol–water partition coefficient (Wildman–Crippen LogP) is 2.38. The molecule has 4 nitrogen and oxygen atoms in total. The van der Waals surface area contributed by atoms with Gasteiger partial charge in [0.25, 0.3) is 0 Å². The smallest absolute Gasteiger partial charge is 0.219 e.